The van der Waals surface area contributed by atoms with Gasteiger partial charge in [-0.1, -0.05) is 15.9 Å². The summed E-state index contributed by atoms with van der Waals surface area (Å²) in [6.07, 6.45) is 2.98. The van der Waals surface area contributed by atoms with E-state index < -0.39 is 0 Å². The van der Waals surface area contributed by atoms with Gasteiger partial charge in [-0.3, -0.25) is 4.79 Å². The highest BCUT2D eigenvalue weighted by Crippen LogP contribution is 2.31. The fraction of sp³-hybridized carbons (Fsp3) is 0.500. The minimum Gasteiger partial charge on any atom is -0.488 e. The van der Waals surface area contributed by atoms with Crippen molar-refractivity contribution in [3.8, 4) is 5.75 Å². The molecule has 1 aromatic carbocycles. The van der Waals surface area contributed by atoms with Gasteiger partial charge in [-0.25, -0.2) is 0 Å². The zero-order valence-corrected chi connectivity index (χ0v) is 12.2. The lowest BCUT2D eigenvalue weighted by Crippen LogP contribution is -2.50. The summed E-state index contributed by atoms with van der Waals surface area (Å²) in [5.74, 6) is 1.08. The normalized spacial score (nSPS) is 25.6. The van der Waals surface area contributed by atoms with Crippen LogP contribution in [0.25, 0.3) is 0 Å². The topological polar surface area (TPSA) is 50.4 Å². The van der Waals surface area contributed by atoms with Crippen LogP contribution < -0.4 is 15.4 Å². The van der Waals surface area contributed by atoms with Crippen LogP contribution in [-0.2, 0) is 11.2 Å². The van der Waals surface area contributed by atoms with Gasteiger partial charge in [0, 0.05) is 24.0 Å². The number of hydrogen-bond acceptors (Lipinski definition) is 3. The lowest BCUT2D eigenvalue weighted by atomic mass is 10.1. The molecule has 1 amide bonds. The van der Waals surface area contributed by atoms with E-state index >= 15 is 0 Å². The SMILES string of the molecule is O=C1NCCCC1NCC1Cc2cc(Br)ccc2O1. The van der Waals surface area contributed by atoms with Crippen LogP contribution >= 0.6 is 15.9 Å². The van der Waals surface area contributed by atoms with Crippen molar-refractivity contribution in [2.24, 2.45) is 0 Å². The molecule has 2 atom stereocenters. The summed E-state index contributed by atoms with van der Waals surface area (Å²) in [4.78, 5) is 11.6. The third-order valence-electron chi connectivity index (χ3n) is 3.64. The number of benzene rings is 1. The van der Waals surface area contributed by atoms with Gasteiger partial charge in [0.05, 0.1) is 6.04 Å². The van der Waals surface area contributed by atoms with E-state index in [4.69, 9.17) is 4.74 Å². The second kappa shape index (κ2) is 5.51. The van der Waals surface area contributed by atoms with Crippen molar-refractivity contribution in [3.05, 3.63) is 28.2 Å². The molecule has 1 saturated heterocycles. The van der Waals surface area contributed by atoms with Crippen LogP contribution in [0.15, 0.2) is 22.7 Å². The van der Waals surface area contributed by atoms with Crippen LogP contribution in [-0.4, -0.2) is 31.1 Å². The van der Waals surface area contributed by atoms with Gasteiger partial charge in [0.25, 0.3) is 0 Å². The molecule has 3 rings (SSSR count). The molecular formula is C14H17BrN2O2. The number of rotatable bonds is 3. The van der Waals surface area contributed by atoms with Crippen molar-refractivity contribution in [1.82, 2.24) is 10.6 Å². The van der Waals surface area contributed by atoms with E-state index in [0.29, 0.717) is 6.54 Å². The van der Waals surface area contributed by atoms with Gasteiger partial charge in [0.1, 0.15) is 11.9 Å². The van der Waals surface area contributed by atoms with Crippen LogP contribution in [0.3, 0.4) is 0 Å². The van der Waals surface area contributed by atoms with Crippen molar-refractivity contribution in [2.75, 3.05) is 13.1 Å². The molecule has 0 bridgehead atoms. The summed E-state index contributed by atoms with van der Waals surface area (Å²) in [7, 11) is 0. The predicted molar refractivity (Wildman–Crippen MR) is 76.3 cm³/mol. The lowest BCUT2D eigenvalue weighted by molar-refractivity contribution is -0.124. The first-order valence-electron chi connectivity index (χ1n) is 6.68. The number of carbonyl (C=O) groups excluding carboxylic acids is 1. The number of nitrogens with one attached hydrogen (secondary N) is 2. The molecular weight excluding hydrogens is 308 g/mol. The zero-order chi connectivity index (χ0) is 13.2. The molecule has 0 aliphatic carbocycles. The van der Waals surface area contributed by atoms with Crippen LogP contribution in [0, 0.1) is 0 Å². The first-order chi connectivity index (χ1) is 9.22. The highest BCUT2D eigenvalue weighted by Gasteiger charge is 2.26. The zero-order valence-electron chi connectivity index (χ0n) is 10.6. The van der Waals surface area contributed by atoms with Crippen LogP contribution in [0.1, 0.15) is 18.4 Å². The smallest absolute Gasteiger partial charge is 0.237 e. The van der Waals surface area contributed by atoms with Gasteiger partial charge in [-0.05, 0) is 36.6 Å². The fourth-order valence-electron chi connectivity index (χ4n) is 2.64. The maximum Gasteiger partial charge on any atom is 0.237 e. The number of ether oxygens (including phenoxy) is 1. The number of hydrogen-bond donors (Lipinski definition) is 2. The van der Waals surface area contributed by atoms with Gasteiger partial charge in [0.2, 0.25) is 5.91 Å². The Labute approximate surface area is 121 Å². The first kappa shape index (κ1) is 12.9. The number of piperidine rings is 1. The molecule has 0 aromatic heterocycles. The molecule has 102 valence electrons. The van der Waals surface area contributed by atoms with E-state index in [1.165, 1.54) is 5.56 Å². The molecule has 5 heteroatoms. The minimum absolute atomic E-state index is 0.0622. The second-order valence-electron chi connectivity index (χ2n) is 5.09. The standard InChI is InChI=1S/C14H17BrN2O2/c15-10-3-4-13-9(6-10)7-11(19-13)8-17-12-2-1-5-16-14(12)18/h3-4,6,11-12,17H,1-2,5,7-8H2,(H,16,18). The molecule has 2 aliphatic heterocycles. The van der Waals surface area contributed by atoms with E-state index in [1.807, 2.05) is 12.1 Å². The van der Waals surface area contributed by atoms with Crippen LogP contribution in [0.2, 0.25) is 0 Å². The third kappa shape index (κ3) is 2.92. The molecule has 2 aliphatic rings. The van der Waals surface area contributed by atoms with Crippen molar-refractivity contribution in [1.29, 1.82) is 0 Å². The Kier molecular flexibility index (Phi) is 3.75. The molecule has 0 spiro atoms. The van der Waals surface area contributed by atoms with Crippen molar-refractivity contribution in [3.63, 3.8) is 0 Å². The number of amides is 1. The molecule has 2 N–H and O–H groups in total. The highest BCUT2D eigenvalue weighted by atomic mass is 79.9. The molecule has 0 radical (unpaired) electrons. The summed E-state index contributed by atoms with van der Waals surface area (Å²) >= 11 is 3.47. The first-order valence-corrected chi connectivity index (χ1v) is 7.48. The molecule has 2 unspecified atom stereocenters. The van der Waals surface area contributed by atoms with E-state index in [1.54, 1.807) is 0 Å². The Bertz CT molecular complexity index is 492. The Hall–Kier alpha value is -1.07. The number of fused-ring (bicyclic) bond motifs is 1. The molecule has 1 fully saturated rings. The van der Waals surface area contributed by atoms with Crippen LogP contribution in [0.4, 0.5) is 0 Å². The van der Waals surface area contributed by atoms with Gasteiger partial charge < -0.3 is 15.4 Å². The Morgan fingerprint density at radius 3 is 3.21 bits per heavy atom. The molecule has 19 heavy (non-hydrogen) atoms. The molecule has 1 aromatic rings. The van der Waals surface area contributed by atoms with E-state index in [9.17, 15) is 4.79 Å². The summed E-state index contributed by atoms with van der Waals surface area (Å²) in [6, 6.07) is 6.02. The average Bonchev–Trinajstić information content (AvgIpc) is 2.79. The van der Waals surface area contributed by atoms with Crippen LogP contribution in [0.5, 0.6) is 5.75 Å². The number of carbonyl (C=O) groups is 1. The van der Waals surface area contributed by atoms with Gasteiger partial charge >= 0.3 is 0 Å². The van der Waals surface area contributed by atoms with Crippen molar-refractivity contribution >= 4 is 21.8 Å². The Balaban J connectivity index is 1.54. The summed E-state index contributed by atoms with van der Waals surface area (Å²) in [5, 5.41) is 6.20. The molecule has 0 saturated carbocycles. The lowest BCUT2D eigenvalue weighted by Gasteiger charge is -2.24. The quantitative estimate of drug-likeness (QED) is 0.888. The number of halogens is 1. The second-order valence-corrected chi connectivity index (χ2v) is 6.01. The summed E-state index contributed by atoms with van der Waals surface area (Å²) in [6.45, 7) is 1.51. The van der Waals surface area contributed by atoms with Crippen molar-refractivity contribution < 1.29 is 9.53 Å². The Morgan fingerprint density at radius 1 is 1.47 bits per heavy atom. The largest absolute Gasteiger partial charge is 0.488 e. The van der Waals surface area contributed by atoms with E-state index in [0.717, 1.165) is 36.0 Å². The predicted octanol–water partition coefficient (Wildman–Crippen LogP) is 1.62. The van der Waals surface area contributed by atoms with Gasteiger partial charge in [-0.15, -0.1) is 0 Å². The van der Waals surface area contributed by atoms with E-state index in [-0.39, 0.29) is 18.1 Å². The van der Waals surface area contributed by atoms with E-state index in [2.05, 4.69) is 32.6 Å². The highest BCUT2D eigenvalue weighted by molar-refractivity contribution is 9.10. The maximum atomic E-state index is 11.6. The maximum absolute atomic E-state index is 11.6. The third-order valence-corrected chi connectivity index (χ3v) is 4.13. The molecule has 2 heterocycles. The minimum atomic E-state index is -0.0622. The Morgan fingerprint density at radius 2 is 2.37 bits per heavy atom. The van der Waals surface area contributed by atoms with Crippen molar-refractivity contribution in [2.45, 2.75) is 31.4 Å². The average molecular weight is 325 g/mol. The van der Waals surface area contributed by atoms with Gasteiger partial charge in [0.15, 0.2) is 0 Å². The summed E-state index contributed by atoms with van der Waals surface area (Å²) < 4.78 is 6.95. The van der Waals surface area contributed by atoms with Gasteiger partial charge in [-0.2, -0.15) is 0 Å². The summed E-state index contributed by atoms with van der Waals surface area (Å²) in [5.41, 5.74) is 1.23. The monoisotopic (exact) mass is 324 g/mol. The fourth-order valence-corrected chi connectivity index (χ4v) is 3.05. The molecule has 4 nitrogen and oxygen atoms in total.